The van der Waals surface area contributed by atoms with Gasteiger partial charge in [-0.2, -0.15) is 0 Å². The molecule has 0 saturated heterocycles. The molecule has 2 heteroatoms. The van der Waals surface area contributed by atoms with Crippen molar-refractivity contribution in [3.63, 3.8) is 0 Å². The van der Waals surface area contributed by atoms with E-state index >= 15 is 0 Å². The summed E-state index contributed by atoms with van der Waals surface area (Å²) in [7, 11) is 0. The van der Waals surface area contributed by atoms with Gasteiger partial charge in [-0.3, -0.25) is 0 Å². The third-order valence-electron chi connectivity index (χ3n) is 11.5. The second-order valence-electron chi connectivity index (χ2n) is 15.8. The molecule has 0 amide bonds. The fourth-order valence-corrected chi connectivity index (χ4v) is 8.30. The molecule has 0 bridgehead atoms. The van der Waals surface area contributed by atoms with Crippen LogP contribution in [-0.4, -0.2) is 0 Å². The first-order valence-corrected chi connectivity index (χ1v) is 20.3. The summed E-state index contributed by atoms with van der Waals surface area (Å²) in [6.07, 6.45) is 15.1. The van der Waals surface area contributed by atoms with E-state index in [-0.39, 0.29) is 5.41 Å². The van der Waals surface area contributed by atoms with Crippen molar-refractivity contribution >= 4 is 57.4 Å². The molecule has 0 saturated carbocycles. The van der Waals surface area contributed by atoms with Crippen molar-refractivity contribution in [2.24, 2.45) is 5.41 Å². The summed E-state index contributed by atoms with van der Waals surface area (Å²) in [6.45, 7) is 8.54. The predicted octanol–water partition coefficient (Wildman–Crippen LogP) is 15.5. The lowest BCUT2D eigenvalue weighted by Crippen LogP contribution is -2.24. The van der Waals surface area contributed by atoms with E-state index in [0.717, 1.165) is 51.7 Å². The van der Waals surface area contributed by atoms with E-state index in [4.69, 9.17) is 0 Å². The Hall–Kier alpha value is -6.90. The van der Waals surface area contributed by atoms with Crippen LogP contribution in [0.15, 0.2) is 194 Å². The number of hydrogen-bond acceptors (Lipinski definition) is 2. The predicted molar refractivity (Wildman–Crippen MR) is 249 cm³/mol. The number of benzene rings is 7. The van der Waals surface area contributed by atoms with Crippen LogP contribution in [0.3, 0.4) is 0 Å². The van der Waals surface area contributed by atoms with Crippen molar-refractivity contribution in [2.45, 2.75) is 34.1 Å². The number of hydrogen-bond donors (Lipinski definition) is 0. The first-order valence-electron chi connectivity index (χ1n) is 20.3. The van der Waals surface area contributed by atoms with Crippen molar-refractivity contribution in [1.29, 1.82) is 0 Å². The monoisotopic (exact) mass is 748 g/mol. The van der Waals surface area contributed by atoms with Crippen LogP contribution in [0.5, 0.6) is 0 Å². The molecule has 0 atom stereocenters. The summed E-state index contributed by atoms with van der Waals surface area (Å²) in [4.78, 5) is 4.66. The highest BCUT2D eigenvalue weighted by atomic mass is 15.1. The zero-order chi connectivity index (χ0) is 39.6. The fourth-order valence-electron chi connectivity index (χ4n) is 8.30. The van der Waals surface area contributed by atoms with Gasteiger partial charge in [0, 0.05) is 34.1 Å². The Bertz CT molecular complexity index is 2430. The molecular weight excluding hydrogens is 701 g/mol. The van der Waals surface area contributed by atoms with Crippen LogP contribution in [0.4, 0.5) is 34.1 Å². The molecule has 7 aromatic rings. The number of anilines is 6. The third-order valence-corrected chi connectivity index (χ3v) is 11.5. The normalized spacial score (nSPS) is 14.0. The van der Waals surface area contributed by atoms with Crippen LogP contribution in [0.25, 0.3) is 23.3 Å². The largest absolute Gasteiger partial charge is 0.311 e. The lowest BCUT2D eigenvalue weighted by molar-refractivity contribution is 0.828. The van der Waals surface area contributed by atoms with Crippen molar-refractivity contribution in [2.75, 3.05) is 9.80 Å². The molecular formula is C56H48N2. The fraction of sp³-hybridized carbons (Fsp3) is 0.107. The minimum Gasteiger partial charge on any atom is -0.311 e. The molecule has 2 nitrogen and oxygen atoms in total. The number of fused-ring (bicyclic) bond motifs is 3. The molecule has 0 spiro atoms. The molecule has 2 aliphatic rings. The summed E-state index contributed by atoms with van der Waals surface area (Å²) in [6, 6.07) is 61.8. The van der Waals surface area contributed by atoms with Crippen molar-refractivity contribution in [1.82, 2.24) is 0 Å². The maximum atomic E-state index is 2.39. The molecule has 9 rings (SSSR count). The maximum absolute atomic E-state index is 2.39. The van der Waals surface area contributed by atoms with Gasteiger partial charge < -0.3 is 9.80 Å². The summed E-state index contributed by atoms with van der Waals surface area (Å²) in [5.41, 5.74) is 19.3. The Morgan fingerprint density at radius 2 is 0.724 bits per heavy atom. The Labute approximate surface area is 344 Å². The summed E-state index contributed by atoms with van der Waals surface area (Å²) >= 11 is 0. The van der Waals surface area contributed by atoms with E-state index in [1.807, 2.05) is 0 Å². The highest BCUT2D eigenvalue weighted by Gasteiger charge is 2.39. The van der Waals surface area contributed by atoms with E-state index in [9.17, 15) is 0 Å². The van der Waals surface area contributed by atoms with Crippen molar-refractivity contribution < 1.29 is 0 Å². The summed E-state index contributed by atoms with van der Waals surface area (Å²) in [5.74, 6) is 0. The van der Waals surface area contributed by atoms with E-state index in [1.54, 1.807) is 0 Å². The molecule has 0 radical (unpaired) electrons. The molecule has 0 aliphatic heterocycles. The van der Waals surface area contributed by atoms with Crippen molar-refractivity contribution in [3.8, 4) is 0 Å². The van der Waals surface area contributed by atoms with Crippen LogP contribution in [0, 0.1) is 33.1 Å². The van der Waals surface area contributed by atoms with E-state index in [0.29, 0.717) is 0 Å². The smallest absolute Gasteiger partial charge is 0.0509 e. The number of nitrogens with zero attached hydrogens (tertiary/aromatic N) is 2. The average molecular weight is 749 g/mol. The maximum Gasteiger partial charge on any atom is 0.0509 e. The Kier molecular flexibility index (Phi) is 9.85. The van der Waals surface area contributed by atoms with Gasteiger partial charge in [-0.25, -0.2) is 0 Å². The van der Waals surface area contributed by atoms with Crippen LogP contribution in [-0.2, 0) is 0 Å². The summed E-state index contributed by atoms with van der Waals surface area (Å²) in [5, 5.41) is 0. The standard InChI is InChI=1S/C56H48N2/c1-40-11-23-46(24-12-40)57(47-25-13-41(2)14-26-47)50-31-19-44(20-32-50)35-38-56(37-7-10-54-52-8-5-6-9-53(52)55(54)56)39-36-45-21-33-51(34-22-45)58(48-27-15-42(3)16-28-48)49-29-17-43(4)18-30-49/h5-9,11-39H,10H2,1-4H3/b38-35+,39-36+. The molecule has 282 valence electrons. The number of rotatable bonds is 10. The molecule has 0 aromatic heterocycles. The lowest BCUT2D eigenvalue weighted by Gasteiger charge is -2.41. The number of allylic oxidation sites excluding steroid dienone is 6. The second kappa shape index (κ2) is 15.6. The topological polar surface area (TPSA) is 6.48 Å². The van der Waals surface area contributed by atoms with Gasteiger partial charge in [0.05, 0.1) is 5.41 Å². The van der Waals surface area contributed by atoms with E-state index in [1.165, 1.54) is 44.5 Å². The first-order chi connectivity index (χ1) is 28.3. The van der Waals surface area contributed by atoms with Gasteiger partial charge in [-0.1, -0.05) is 156 Å². The Balaban J connectivity index is 1.04. The zero-order valence-corrected chi connectivity index (χ0v) is 33.7. The first kappa shape index (κ1) is 36.7. The third kappa shape index (κ3) is 7.26. The molecule has 0 fully saturated rings. The highest BCUT2D eigenvalue weighted by molar-refractivity contribution is 6.09. The minimum atomic E-state index is -0.384. The van der Waals surface area contributed by atoms with Crippen LogP contribution >= 0.6 is 0 Å². The van der Waals surface area contributed by atoms with Gasteiger partial charge in [0.2, 0.25) is 0 Å². The molecule has 58 heavy (non-hydrogen) atoms. The van der Waals surface area contributed by atoms with Crippen LogP contribution in [0.1, 0.15) is 50.9 Å². The number of aryl methyl sites for hydroxylation is 4. The molecule has 0 heterocycles. The van der Waals surface area contributed by atoms with Crippen LogP contribution < -0.4 is 9.80 Å². The van der Waals surface area contributed by atoms with Gasteiger partial charge in [-0.05, 0) is 140 Å². The molecule has 7 aromatic carbocycles. The molecule has 2 aliphatic carbocycles. The van der Waals surface area contributed by atoms with E-state index < -0.39 is 0 Å². The van der Waals surface area contributed by atoms with Gasteiger partial charge in [0.25, 0.3) is 0 Å². The Morgan fingerprint density at radius 1 is 0.397 bits per heavy atom. The zero-order valence-electron chi connectivity index (χ0n) is 33.7. The quantitative estimate of drug-likeness (QED) is 0.129. The average Bonchev–Trinajstić information content (AvgIpc) is 3.25. The van der Waals surface area contributed by atoms with Gasteiger partial charge in [0.1, 0.15) is 0 Å². The van der Waals surface area contributed by atoms with Gasteiger partial charge in [-0.15, -0.1) is 0 Å². The second-order valence-corrected chi connectivity index (χ2v) is 15.8. The molecule has 0 unspecified atom stereocenters. The minimum absolute atomic E-state index is 0.384. The van der Waals surface area contributed by atoms with Crippen molar-refractivity contribution in [3.05, 3.63) is 239 Å². The SMILES string of the molecule is Cc1ccc(N(c2ccc(C)cc2)c2ccc(/C=C/C3(/C=C/c4ccc(N(c5ccc(C)cc5)c5ccc(C)cc5)cc4)C=CCC4=C3c3ccccc34)cc2)cc1. The molecule has 0 N–H and O–H groups in total. The summed E-state index contributed by atoms with van der Waals surface area (Å²) < 4.78 is 0. The van der Waals surface area contributed by atoms with Gasteiger partial charge in [0.15, 0.2) is 0 Å². The van der Waals surface area contributed by atoms with Crippen LogP contribution in [0.2, 0.25) is 0 Å². The Morgan fingerprint density at radius 3 is 1.09 bits per heavy atom. The highest BCUT2D eigenvalue weighted by Crippen LogP contribution is 2.56. The van der Waals surface area contributed by atoms with Gasteiger partial charge >= 0.3 is 0 Å². The van der Waals surface area contributed by atoms with E-state index in [2.05, 4.69) is 244 Å². The lowest BCUT2D eigenvalue weighted by atomic mass is 9.62.